The fraction of sp³-hybridized carbons (Fsp3) is 0.588. The third-order valence-electron chi connectivity index (χ3n) is 5.23. The first-order valence-electron chi connectivity index (χ1n) is 8.24. The van der Waals surface area contributed by atoms with E-state index >= 15 is 0 Å². The van der Waals surface area contributed by atoms with Crippen molar-refractivity contribution in [3.8, 4) is 0 Å². The van der Waals surface area contributed by atoms with Crippen LogP contribution < -0.4 is 0 Å². The van der Waals surface area contributed by atoms with Crippen molar-refractivity contribution in [2.75, 3.05) is 18.8 Å². The first-order valence-corrected chi connectivity index (χ1v) is 9.79. The van der Waals surface area contributed by atoms with Gasteiger partial charge in [-0.1, -0.05) is 31.0 Å². The summed E-state index contributed by atoms with van der Waals surface area (Å²) in [4.78, 5) is 13.8. The topological polar surface area (TPSA) is 54.5 Å². The van der Waals surface area contributed by atoms with E-state index in [1.54, 1.807) is 23.1 Å². The van der Waals surface area contributed by atoms with Gasteiger partial charge >= 0.3 is 10.2 Å². The number of hydrogen-bond donors (Lipinski definition) is 0. The minimum atomic E-state index is -4.59. The molecule has 1 amide bonds. The second-order valence-corrected chi connectivity index (χ2v) is 8.43. The molecular formula is C17H21F2NO3S. The van der Waals surface area contributed by atoms with Crippen LogP contribution in [0.1, 0.15) is 37.7 Å². The average molecular weight is 357 g/mol. The van der Waals surface area contributed by atoms with Crippen LogP contribution in [0.4, 0.5) is 8.28 Å². The number of amides is 1. The molecule has 4 nitrogen and oxygen atoms in total. The van der Waals surface area contributed by atoms with Crippen LogP contribution in [0.3, 0.4) is 0 Å². The molecule has 1 heterocycles. The summed E-state index contributed by atoms with van der Waals surface area (Å²) in [7, 11) is -4.59. The van der Waals surface area contributed by atoms with Crippen molar-refractivity contribution in [2.45, 2.75) is 37.5 Å². The van der Waals surface area contributed by atoms with E-state index in [1.807, 2.05) is 0 Å². The second-order valence-electron chi connectivity index (χ2n) is 7.02. The summed E-state index contributed by atoms with van der Waals surface area (Å²) >= 11 is 0. The number of rotatable bonds is 5. The van der Waals surface area contributed by atoms with Crippen LogP contribution in [-0.4, -0.2) is 38.1 Å². The van der Waals surface area contributed by atoms with Gasteiger partial charge in [0.15, 0.2) is 0 Å². The molecule has 24 heavy (non-hydrogen) atoms. The molecule has 132 valence electrons. The van der Waals surface area contributed by atoms with Gasteiger partial charge in [-0.2, -0.15) is 8.42 Å². The Morgan fingerprint density at radius 3 is 2.50 bits per heavy atom. The van der Waals surface area contributed by atoms with Crippen molar-refractivity contribution in [3.63, 3.8) is 0 Å². The molecule has 3 rings (SSSR count). The smallest absolute Gasteiger partial charge is 0.302 e. The highest BCUT2D eigenvalue weighted by atomic mass is 32.3. The van der Waals surface area contributed by atoms with Gasteiger partial charge in [0.25, 0.3) is 0 Å². The third kappa shape index (κ3) is 3.61. The van der Waals surface area contributed by atoms with Crippen molar-refractivity contribution >= 4 is 16.1 Å². The zero-order valence-electron chi connectivity index (χ0n) is 13.4. The van der Waals surface area contributed by atoms with Crippen LogP contribution in [0.15, 0.2) is 24.3 Å². The highest BCUT2D eigenvalue weighted by molar-refractivity contribution is 7.86. The van der Waals surface area contributed by atoms with Crippen LogP contribution >= 0.6 is 0 Å². The molecule has 0 radical (unpaired) electrons. The fourth-order valence-corrected chi connectivity index (χ4v) is 5.01. The van der Waals surface area contributed by atoms with Crippen LogP contribution in [0.25, 0.3) is 0 Å². The summed E-state index contributed by atoms with van der Waals surface area (Å²) in [5.74, 6) is -1.59. The number of carbonyl (C=O) groups is 1. The molecule has 0 bridgehead atoms. The molecule has 1 aliphatic heterocycles. The van der Waals surface area contributed by atoms with Crippen LogP contribution in [0.5, 0.6) is 0 Å². The quantitative estimate of drug-likeness (QED) is 0.762. The molecule has 1 aromatic carbocycles. The van der Waals surface area contributed by atoms with Gasteiger partial charge in [0.1, 0.15) is 5.82 Å². The van der Waals surface area contributed by atoms with Crippen molar-refractivity contribution in [3.05, 3.63) is 35.6 Å². The maximum atomic E-state index is 14.3. The van der Waals surface area contributed by atoms with E-state index in [0.717, 1.165) is 25.7 Å². The molecule has 7 heteroatoms. The monoisotopic (exact) mass is 357 g/mol. The van der Waals surface area contributed by atoms with Gasteiger partial charge in [-0.3, -0.25) is 4.79 Å². The van der Waals surface area contributed by atoms with Gasteiger partial charge in [-0.15, -0.1) is 3.89 Å². The molecule has 1 aromatic rings. The van der Waals surface area contributed by atoms with Gasteiger partial charge < -0.3 is 4.90 Å². The summed E-state index contributed by atoms with van der Waals surface area (Å²) in [5.41, 5.74) is 0.196. The van der Waals surface area contributed by atoms with E-state index in [-0.39, 0.29) is 24.7 Å². The molecular weight excluding hydrogens is 336 g/mol. The minimum Gasteiger partial charge on any atom is -0.341 e. The zero-order chi connectivity index (χ0) is 17.4. The lowest BCUT2D eigenvalue weighted by Gasteiger charge is -2.34. The van der Waals surface area contributed by atoms with Gasteiger partial charge in [0.05, 0.1) is 5.75 Å². The lowest BCUT2D eigenvalue weighted by Crippen LogP contribution is -2.40. The molecule has 1 saturated heterocycles. The van der Waals surface area contributed by atoms with Gasteiger partial charge in [0.2, 0.25) is 5.91 Å². The van der Waals surface area contributed by atoms with Crippen molar-refractivity contribution < 1.29 is 21.5 Å². The van der Waals surface area contributed by atoms with E-state index in [0.29, 0.717) is 12.1 Å². The summed E-state index contributed by atoms with van der Waals surface area (Å²) < 4.78 is 48.9. The Hall–Kier alpha value is -1.50. The zero-order valence-corrected chi connectivity index (χ0v) is 14.2. The summed E-state index contributed by atoms with van der Waals surface area (Å²) in [6.45, 7) is 0.591. The highest BCUT2D eigenvalue weighted by Gasteiger charge is 2.42. The van der Waals surface area contributed by atoms with Gasteiger partial charge in [-0.05, 0) is 24.5 Å². The number of carbonyl (C=O) groups excluding carboxylic acids is 1. The highest BCUT2D eigenvalue weighted by Crippen LogP contribution is 2.43. The second kappa shape index (κ2) is 6.43. The Labute approximate surface area is 141 Å². The van der Waals surface area contributed by atoms with Crippen LogP contribution in [-0.2, 0) is 20.4 Å². The Morgan fingerprint density at radius 2 is 1.88 bits per heavy atom. The largest absolute Gasteiger partial charge is 0.341 e. The molecule has 0 N–H and O–H groups in total. The van der Waals surface area contributed by atoms with Crippen molar-refractivity contribution in [2.24, 2.45) is 5.92 Å². The van der Waals surface area contributed by atoms with Crippen molar-refractivity contribution in [1.29, 1.82) is 0 Å². The van der Waals surface area contributed by atoms with E-state index in [1.165, 1.54) is 6.07 Å². The maximum Gasteiger partial charge on any atom is 0.302 e. The number of hydrogen-bond acceptors (Lipinski definition) is 3. The number of nitrogens with zero attached hydrogens (tertiary/aromatic N) is 1. The van der Waals surface area contributed by atoms with E-state index < -0.39 is 27.3 Å². The molecule has 1 unspecified atom stereocenters. The van der Waals surface area contributed by atoms with Gasteiger partial charge in [-0.25, -0.2) is 4.39 Å². The van der Waals surface area contributed by atoms with Gasteiger partial charge in [0, 0.05) is 30.8 Å². The predicted molar refractivity (Wildman–Crippen MR) is 86.1 cm³/mol. The average Bonchev–Trinajstić information content (AvgIpc) is 3.06. The Kier molecular flexibility index (Phi) is 4.64. The lowest BCUT2D eigenvalue weighted by molar-refractivity contribution is -0.128. The number of likely N-dealkylation sites (tertiary alicyclic amines) is 1. The summed E-state index contributed by atoms with van der Waals surface area (Å²) in [5, 5.41) is 0. The standard InChI is InChI=1S/C17H21F2NO3S/c18-15-6-2-1-5-14(15)17(7-3-4-8-17)12-20-10-13(9-16(20)21)11-24(19,22)23/h1-2,5-6,13H,3-4,7-12H2. The normalized spacial score (nSPS) is 23.8. The van der Waals surface area contributed by atoms with Crippen LogP contribution in [0, 0.1) is 11.7 Å². The molecule has 2 fully saturated rings. The Bertz CT molecular complexity index is 729. The molecule has 2 aliphatic rings. The molecule has 1 saturated carbocycles. The lowest BCUT2D eigenvalue weighted by atomic mass is 9.78. The minimum absolute atomic E-state index is 0.0382. The van der Waals surface area contributed by atoms with E-state index in [2.05, 4.69) is 0 Å². The molecule has 0 aromatic heterocycles. The number of benzene rings is 1. The first-order chi connectivity index (χ1) is 11.3. The van der Waals surface area contributed by atoms with E-state index in [4.69, 9.17) is 0 Å². The number of halogens is 2. The summed E-state index contributed by atoms with van der Waals surface area (Å²) in [6.07, 6.45) is 3.57. The maximum absolute atomic E-state index is 14.3. The first kappa shape index (κ1) is 17.3. The molecule has 0 spiro atoms. The molecule has 1 aliphatic carbocycles. The molecule has 1 atom stereocenters. The Balaban J connectivity index is 1.80. The van der Waals surface area contributed by atoms with Crippen LogP contribution in [0.2, 0.25) is 0 Å². The SMILES string of the molecule is O=C1CC(CS(=O)(=O)F)CN1CC1(c2ccccc2F)CCCC1. The van der Waals surface area contributed by atoms with E-state index in [9.17, 15) is 21.5 Å². The van der Waals surface area contributed by atoms with Crippen molar-refractivity contribution in [1.82, 2.24) is 4.90 Å². The predicted octanol–water partition coefficient (Wildman–Crippen LogP) is 2.79. The summed E-state index contributed by atoms with van der Waals surface area (Å²) in [6, 6.07) is 6.64. The fourth-order valence-electron chi connectivity index (χ4n) is 4.22. The third-order valence-corrected chi connectivity index (χ3v) is 6.10. The Morgan fingerprint density at radius 1 is 1.21 bits per heavy atom.